The first-order valence-corrected chi connectivity index (χ1v) is 12.1. The number of rotatable bonds is 5. The summed E-state index contributed by atoms with van der Waals surface area (Å²) in [5, 5.41) is 8.28. The van der Waals surface area contributed by atoms with Crippen molar-refractivity contribution in [2.24, 2.45) is 5.10 Å². The van der Waals surface area contributed by atoms with Gasteiger partial charge in [-0.2, -0.15) is 5.10 Å². The number of para-hydroxylation sites is 2. The smallest absolute Gasteiger partial charge is 0.263 e. The molecule has 1 aliphatic heterocycles. The molecule has 0 spiro atoms. The quantitative estimate of drug-likeness (QED) is 0.325. The van der Waals surface area contributed by atoms with Crippen molar-refractivity contribution < 1.29 is 9.18 Å². The average molecular weight is 482 g/mol. The van der Waals surface area contributed by atoms with Gasteiger partial charge in [-0.3, -0.25) is 9.78 Å². The lowest BCUT2D eigenvalue weighted by Gasteiger charge is -2.23. The van der Waals surface area contributed by atoms with Crippen LogP contribution in [0.3, 0.4) is 0 Å². The second-order valence-electron chi connectivity index (χ2n) is 8.29. The maximum Gasteiger partial charge on any atom is 0.263 e. The van der Waals surface area contributed by atoms with Gasteiger partial charge in [0.1, 0.15) is 18.2 Å². The van der Waals surface area contributed by atoms with Crippen molar-refractivity contribution in [3.8, 4) is 11.4 Å². The van der Waals surface area contributed by atoms with E-state index in [2.05, 4.69) is 4.98 Å². The van der Waals surface area contributed by atoms with E-state index >= 15 is 0 Å². The third kappa shape index (κ3) is 4.02. The Morgan fingerprint density at radius 1 is 1.03 bits per heavy atom. The van der Waals surface area contributed by atoms with E-state index in [1.165, 1.54) is 12.1 Å². The van der Waals surface area contributed by atoms with Gasteiger partial charge in [-0.15, -0.1) is 11.3 Å². The molecular formula is C27H20FN5OS. The Kier molecular flexibility index (Phi) is 5.42. The third-order valence-corrected chi connectivity index (χ3v) is 7.01. The number of nitrogens with zero attached hydrogens (tertiary/aromatic N) is 5. The Bertz CT molecular complexity index is 1530. The van der Waals surface area contributed by atoms with Crippen molar-refractivity contribution >= 4 is 34.0 Å². The number of benzene rings is 2. The monoisotopic (exact) mass is 481 g/mol. The van der Waals surface area contributed by atoms with Gasteiger partial charge in [0.2, 0.25) is 0 Å². The summed E-state index contributed by atoms with van der Waals surface area (Å²) in [7, 11) is 0. The molecule has 0 bridgehead atoms. The molecule has 5 aromatic rings. The van der Waals surface area contributed by atoms with Gasteiger partial charge in [-0.25, -0.2) is 14.4 Å². The van der Waals surface area contributed by atoms with Crippen molar-refractivity contribution in [1.82, 2.24) is 19.5 Å². The van der Waals surface area contributed by atoms with Crippen LogP contribution in [0.25, 0.3) is 22.4 Å². The number of hydrazone groups is 1. The summed E-state index contributed by atoms with van der Waals surface area (Å²) in [5.74, 6) is 0.196. The molecule has 1 unspecified atom stereocenters. The predicted molar refractivity (Wildman–Crippen MR) is 134 cm³/mol. The van der Waals surface area contributed by atoms with Gasteiger partial charge >= 0.3 is 0 Å². The highest BCUT2D eigenvalue weighted by Gasteiger charge is 2.34. The maximum absolute atomic E-state index is 13.8. The zero-order chi connectivity index (χ0) is 23.8. The molecule has 172 valence electrons. The van der Waals surface area contributed by atoms with Crippen LogP contribution < -0.4 is 0 Å². The molecule has 2 aromatic carbocycles. The van der Waals surface area contributed by atoms with E-state index < -0.39 is 0 Å². The number of hydrogen-bond acceptors (Lipinski definition) is 5. The Labute approximate surface area is 205 Å². The zero-order valence-corrected chi connectivity index (χ0v) is 19.4. The molecule has 1 aliphatic rings. The topological polar surface area (TPSA) is 63.4 Å². The van der Waals surface area contributed by atoms with Crippen molar-refractivity contribution in [3.05, 3.63) is 107 Å². The van der Waals surface area contributed by atoms with Gasteiger partial charge in [0, 0.05) is 24.4 Å². The van der Waals surface area contributed by atoms with Gasteiger partial charge in [-0.05, 0) is 53.4 Å². The molecule has 3 aromatic heterocycles. The molecule has 8 heteroatoms. The van der Waals surface area contributed by atoms with Crippen molar-refractivity contribution in [3.63, 3.8) is 0 Å². The van der Waals surface area contributed by atoms with Gasteiger partial charge in [0.15, 0.2) is 0 Å². The molecule has 6 rings (SSSR count). The van der Waals surface area contributed by atoms with Gasteiger partial charge in [0.05, 0.1) is 27.7 Å². The van der Waals surface area contributed by atoms with E-state index in [1.807, 2.05) is 58.5 Å². The molecule has 0 aliphatic carbocycles. The summed E-state index contributed by atoms with van der Waals surface area (Å²) in [6, 6.07) is 21.5. The van der Waals surface area contributed by atoms with Crippen molar-refractivity contribution in [2.75, 3.05) is 0 Å². The Hall–Kier alpha value is -4.17. The fraction of sp³-hybridized carbons (Fsp3) is 0.111. The van der Waals surface area contributed by atoms with E-state index in [0.29, 0.717) is 12.2 Å². The van der Waals surface area contributed by atoms with Crippen LogP contribution in [-0.2, 0) is 11.3 Å². The van der Waals surface area contributed by atoms with Gasteiger partial charge in [-0.1, -0.05) is 30.3 Å². The molecule has 6 nitrogen and oxygen atoms in total. The summed E-state index contributed by atoms with van der Waals surface area (Å²) in [4.78, 5) is 23.8. The minimum absolute atomic E-state index is 0.0592. The zero-order valence-electron chi connectivity index (χ0n) is 18.6. The highest BCUT2D eigenvalue weighted by molar-refractivity contribution is 7.12. The number of amides is 1. The van der Waals surface area contributed by atoms with Crippen LogP contribution in [0.1, 0.15) is 22.9 Å². The maximum atomic E-state index is 13.8. The van der Waals surface area contributed by atoms with Gasteiger partial charge < -0.3 is 4.57 Å². The van der Waals surface area contributed by atoms with Crippen molar-refractivity contribution in [1.29, 1.82) is 0 Å². The third-order valence-electron chi connectivity index (χ3n) is 6.09. The van der Waals surface area contributed by atoms with Crippen LogP contribution in [0.5, 0.6) is 0 Å². The lowest BCUT2D eigenvalue weighted by Crippen LogP contribution is -2.30. The Morgan fingerprint density at radius 2 is 1.89 bits per heavy atom. The summed E-state index contributed by atoms with van der Waals surface area (Å²) >= 11 is 1.59. The molecule has 0 radical (unpaired) electrons. The van der Waals surface area contributed by atoms with E-state index in [0.717, 1.165) is 32.7 Å². The second kappa shape index (κ2) is 8.88. The molecule has 4 heterocycles. The number of pyridine rings is 1. The molecule has 0 saturated carbocycles. The summed E-state index contributed by atoms with van der Waals surface area (Å²) in [6.45, 7) is 0.0592. The van der Waals surface area contributed by atoms with Crippen LogP contribution in [0.2, 0.25) is 0 Å². The van der Waals surface area contributed by atoms with Crippen LogP contribution in [0, 0.1) is 5.82 Å². The fourth-order valence-electron chi connectivity index (χ4n) is 4.44. The number of carbonyl (C=O) groups excluding carboxylic acids is 1. The summed E-state index contributed by atoms with van der Waals surface area (Å²) < 4.78 is 15.5. The Balaban J connectivity index is 1.40. The number of thiophene rings is 1. The van der Waals surface area contributed by atoms with E-state index in [9.17, 15) is 9.18 Å². The van der Waals surface area contributed by atoms with Crippen molar-refractivity contribution in [2.45, 2.75) is 19.0 Å². The number of halogens is 1. The number of hydrogen-bond donors (Lipinski definition) is 0. The standard InChI is InChI=1S/C27H20FN5OS/c28-20-11-9-18(10-12-20)24-15-22(25-8-4-14-35-25)31-33(24)26(34)17-32-23-7-2-1-6-21(23)30-27(32)19-5-3-13-29-16-19/h1-14,16,24H,15,17H2. The van der Waals surface area contributed by atoms with E-state index in [4.69, 9.17) is 10.1 Å². The summed E-state index contributed by atoms with van der Waals surface area (Å²) in [6.07, 6.45) is 4.02. The van der Waals surface area contributed by atoms with E-state index in [1.54, 1.807) is 40.9 Å². The normalized spacial score (nSPS) is 15.5. The molecule has 0 fully saturated rings. The lowest BCUT2D eigenvalue weighted by atomic mass is 10.0. The first-order valence-electron chi connectivity index (χ1n) is 11.2. The lowest BCUT2D eigenvalue weighted by molar-refractivity contribution is -0.133. The SMILES string of the molecule is O=C(Cn1c(-c2cccnc2)nc2ccccc21)N1N=C(c2cccs2)CC1c1ccc(F)cc1. The minimum Gasteiger partial charge on any atom is -0.314 e. The van der Waals surface area contributed by atoms with Gasteiger partial charge in [0.25, 0.3) is 5.91 Å². The predicted octanol–water partition coefficient (Wildman–Crippen LogP) is 5.68. The van der Waals surface area contributed by atoms with Crippen LogP contribution >= 0.6 is 11.3 Å². The molecule has 0 N–H and O–H groups in total. The first kappa shape index (κ1) is 21.4. The largest absolute Gasteiger partial charge is 0.314 e. The highest BCUT2D eigenvalue weighted by atomic mass is 32.1. The minimum atomic E-state index is -0.310. The van der Waals surface area contributed by atoms with Crippen LogP contribution in [0.15, 0.2) is 95.7 Å². The van der Waals surface area contributed by atoms with E-state index in [-0.39, 0.29) is 24.3 Å². The van der Waals surface area contributed by atoms with Crippen LogP contribution in [0.4, 0.5) is 4.39 Å². The number of carbonyl (C=O) groups is 1. The number of imidazole rings is 1. The second-order valence-corrected chi connectivity index (χ2v) is 9.23. The molecule has 1 atom stereocenters. The average Bonchev–Trinajstić information content (AvgIpc) is 3.64. The molecule has 1 amide bonds. The highest BCUT2D eigenvalue weighted by Crippen LogP contribution is 2.35. The number of fused-ring (bicyclic) bond motifs is 1. The van der Waals surface area contributed by atoms with Crippen LogP contribution in [-0.4, -0.2) is 31.2 Å². The number of aromatic nitrogens is 3. The molecule has 0 saturated heterocycles. The molecule has 35 heavy (non-hydrogen) atoms. The molecular weight excluding hydrogens is 461 g/mol. The first-order chi connectivity index (χ1) is 17.2. The Morgan fingerprint density at radius 3 is 2.66 bits per heavy atom. The summed E-state index contributed by atoms with van der Waals surface area (Å²) in [5.41, 5.74) is 4.19. The fourth-order valence-corrected chi connectivity index (χ4v) is 5.16.